The van der Waals surface area contributed by atoms with Crippen molar-refractivity contribution in [3.05, 3.63) is 18.5 Å². The van der Waals surface area contributed by atoms with E-state index in [1.165, 1.54) is 0 Å². The Morgan fingerprint density at radius 3 is 2.68 bits per heavy atom. The van der Waals surface area contributed by atoms with Crippen molar-refractivity contribution in [2.75, 3.05) is 31.1 Å². The van der Waals surface area contributed by atoms with Crippen LogP contribution < -0.4 is 15.5 Å². The maximum atomic E-state index is 12.4. The van der Waals surface area contributed by atoms with Crippen molar-refractivity contribution < 1.29 is 4.79 Å². The van der Waals surface area contributed by atoms with Gasteiger partial charge in [0.1, 0.15) is 0 Å². The maximum absolute atomic E-state index is 12.4. The van der Waals surface area contributed by atoms with Gasteiger partial charge in [-0.3, -0.25) is 4.79 Å². The highest BCUT2D eigenvalue weighted by molar-refractivity contribution is 5.79. The summed E-state index contributed by atoms with van der Waals surface area (Å²) in [6.07, 6.45) is 6.45. The SMILES string of the molecule is CC1CNCC(C(=O)NC2CCN(c3ncccn3)CC2)C1. The molecule has 3 rings (SSSR count). The first-order valence-corrected chi connectivity index (χ1v) is 8.25. The Morgan fingerprint density at radius 2 is 2.00 bits per heavy atom. The zero-order valence-corrected chi connectivity index (χ0v) is 13.2. The Kier molecular flexibility index (Phi) is 4.87. The molecule has 2 fully saturated rings. The summed E-state index contributed by atoms with van der Waals surface area (Å²) in [4.78, 5) is 23.1. The van der Waals surface area contributed by atoms with E-state index in [0.717, 1.165) is 51.4 Å². The van der Waals surface area contributed by atoms with Gasteiger partial charge in [0, 0.05) is 38.1 Å². The molecule has 0 spiro atoms. The van der Waals surface area contributed by atoms with Crippen LogP contribution in [0.1, 0.15) is 26.2 Å². The molecular weight excluding hydrogens is 278 g/mol. The summed E-state index contributed by atoms with van der Waals surface area (Å²) in [5, 5.41) is 6.58. The van der Waals surface area contributed by atoms with Crippen LogP contribution in [0.2, 0.25) is 0 Å². The number of nitrogens with zero attached hydrogens (tertiary/aromatic N) is 3. The van der Waals surface area contributed by atoms with Crippen LogP contribution in [0.25, 0.3) is 0 Å². The Bertz CT molecular complexity index is 487. The third-order valence-electron chi connectivity index (χ3n) is 4.62. The predicted octanol–water partition coefficient (Wildman–Crippen LogP) is 0.807. The van der Waals surface area contributed by atoms with E-state index >= 15 is 0 Å². The van der Waals surface area contributed by atoms with Crippen molar-refractivity contribution >= 4 is 11.9 Å². The zero-order valence-electron chi connectivity index (χ0n) is 13.2. The second-order valence-corrected chi connectivity index (χ2v) is 6.51. The third kappa shape index (κ3) is 3.74. The summed E-state index contributed by atoms with van der Waals surface area (Å²) < 4.78 is 0. The van der Waals surface area contributed by atoms with E-state index < -0.39 is 0 Å². The number of aromatic nitrogens is 2. The number of rotatable bonds is 3. The highest BCUT2D eigenvalue weighted by Crippen LogP contribution is 2.18. The van der Waals surface area contributed by atoms with Crippen LogP contribution in [0.4, 0.5) is 5.95 Å². The molecule has 2 atom stereocenters. The van der Waals surface area contributed by atoms with Gasteiger partial charge in [-0.2, -0.15) is 0 Å². The molecule has 6 nitrogen and oxygen atoms in total. The average molecular weight is 303 g/mol. The standard InChI is InChI=1S/C16H25N5O/c1-12-9-13(11-17-10-12)15(22)20-14-3-7-21(8-4-14)16-18-5-2-6-19-16/h2,5-6,12-14,17H,3-4,7-11H2,1H3,(H,20,22). The van der Waals surface area contributed by atoms with Crippen molar-refractivity contribution in [1.29, 1.82) is 0 Å². The lowest BCUT2D eigenvalue weighted by atomic mass is 9.90. The summed E-state index contributed by atoms with van der Waals surface area (Å²) in [6.45, 7) is 5.83. The number of hydrogen-bond donors (Lipinski definition) is 2. The Balaban J connectivity index is 1.46. The van der Waals surface area contributed by atoms with E-state index in [0.29, 0.717) is 5.92 Å². The fraction of sp³-hybridized carbons (Fsp3) is 0.688. The average Bonchev–Trinajstić information content (AvgIpc) is 2.56. The van der Waals surface area contributed by atoms with Crippen molar-refractivity contribution in [1.82, 2.24) is 20.6 Å². The lowest BCUT2D eigenvalue weighted by molar-refractivity contribution is -0.126. The Morgan fingerprint density at radius 1 is 1.27 bits per heavy atom. The lowest BCUT2D eigenvalue weighted by Crippen LogP contribution is -2.49. The number of carbonyl (C=O) groups excluding carboxylic acids is 1. The normalized spacial score (nSPS) is 26.7. The fourth-order valence-corrected chi connectivity index (χ4v) is 3.35. The highest BCUT2D eigenvalue weighted by Gasteiger charge is 2.28. The van der Waals surface area contributed by atoms with Gasteiger partial charge in [0.15, 0.2) is 0 Å². The molecule has 2 aliphatic heterocycles. The molecule has 1 aromatic rings. The van der Waals surface area contributed by atoms with Crippen LogP contribution in [-0.2, 0) is 4.79 Å². The highest BCUT2D eigenvalue weighted by atomic mass is 16.2. The number of anilines is 1. The molecule has 0 aliphatic carbocycles. The second kappa shape index (κ2) is 7.05. The molecule has 2 unspecified atom stereocenters. The van der Waals surface area contributed by atoms with Gasteiger partial charge in [0.25, 0.3) is 0 Å². The van der Waals surface area contributed by atoms with Gasteiger partial charge in [0.05, 0.1) is 5.92 Å². The number of piperidine rings is 2. The summed E-state index contributed by atoms with van der Waals surface area (Å²) >= 11 is 0. The minimum absolute atomic E-state index is 0.124. The zero-order chi connectivity index (χ0) is 15.4. The maximum Gasteiger partial charge on any atom is 0.225 e. The smallest absolute Gasteiger partial charge is 0.225 e. The molecule has 22 heavy (non-hydrogen) atoms. The van der Waals surface area contributed by atoms with Crippen LogP contribution in [0.5, 0.6) is 0 Å². The van der Waals surface area contributed by atoms with E-state index in [2.05, 4.69) is 32.4 Å². The minimum atomic E-state index is 0.124. The van der Waals surface area contributed by atoms with E-state index in [1.807, 2.05) is 6.07 Å². The van der Waals surface area contributed by atoms with Crippen LogP contribution in [0.3, 0.4) is 0 Å². The van der Waals surface area contributed by atoms with E-state index in [9.17, 15) is 4.79 Å². The second-order valence-electron chi connectivity index (χ2n) is 6.51. The molecule has 2 aliphatic rings. The van der Waals surface area contributed by atoms with Gasteiger partial charge in [-0.1, -0.05) is 6.92 Å². The van der Waals surface area contributed by atoms with Gasteiger partial charge in [0.2, 0.25) is 11.9 Å². The van der Waals surface area contributed by atoms with E-state index in [-0.39, 0.29) is 17.9 Å². The first-order valence-electron chi connectivity index (χ1n) is 8.25. The van der Waals surface area contributed by atoms with Gasteiger partial charge >= 0.3 is 0 Å². The van der Waals surface area contributed by atoms with Crippen molar-refractivity contribution in [2.45, 2.75) is 32.2 Å². The largest absolute Gasteiger partial charge is 0.353 e. The summed E-state index contributed by atoms with van der Waals surface area (Å²) in [6, 6.07) is 2.11. The number of carbonyl (C=O) groups is 1. The molecule has 3 heterocycles. The molecule has 1 amide bonds. The molecular formula is C16H25N5O. The molecule has 6 heteroatoms. The number of nitrogens with one attached hydrogen (secondary N) is 2. The van der Waals surface area contributed by atoms with Crippen molar-refractivity contribution in [3.8, 4) is 0 Å². The Labute approximate surface area is 131 Å². The number of hydrogen-bond acceptors (Lipinski definition) is 5. The van der Waals surface area contributed by atoms with Gasteiger partial charge in [-0.05, 0) is 37.8 Å². The third-order valence-corrected chi connectivity index (χ3v) is 4.62. The van der Waals surface area contributed by atoms with Crippen molar-refractivity contribution in [2.24, 2.45) is 11.8 Å². The molecule has 1 aromatic heterocycles. The van der Waals surface area contributed by atoms with Crippen LogP contribution in [0.15, 0.2) is 18.5 Å². The molecule has 0 radical (unpaired) electrons. The first kappa shape index (κ1) is 15.2. The van der Waals surface area contributed by atoms with Crippen LogP contribution in [0, 0.1) is 11.8 Å². The summed E-state index contributed by atoms with van der Waals surface area (Å²) in [5.74, 6) is 1.71. The summed E-state index contributed by atoms with van der Waals surface area (Å²) in [7, 11) is 0. The monoisotopic (exact) mass is 303 g/mol. The van der Waals surface area contributed by atoms with Crippen LogP contribution >= 0.6 is 0 Å². The molecule has 120 valence electrons. The van der Waals surface area contributed by atoms with Gasteiger partial charge < -0.3 is 15.5 Å². The fourth-order valence-electron chi connectivity index (χ4n) is 3.35. The predicted molar refractivity (Wildman–Crippen MR) is 85.6 cm³/mol. The molecule has 2 saturated heterocycles. The van der Waals surface area contributed by atoms with Crippen molar-refractivity contribution in [3.63, 3.8) is 0 Å². The van der Waals surface area contributed by atoms with E-state index in [4.69, 9.17) is 0 Å². The number of amides is 1. The van der Waals surface area contributed by atoms with E-state index in [1.54, 1.807) is 12.4 Å². The molecule has 0 saturated carbocycles. The quantitative estimate of drug-likeness (QED) is 0.864. The van der Waals surface area contributed by atoms with Gasteiger partial charge in [-0.25, -0.2) is 9.97 Å². The topological polar surface area (TPSA) is 70.2 Å². The minimum Gasteiger partial charge on any atom is -0.353 e. The Hall–Kier alpha value is -1.69. The van der Waals surface area contributed by atoms with Crippen LogP contribution in [-0.4, -0.2) is 48.1 Å². The molecule has 2 N–H and O–H groups in total. The lowest BCUT2D eigenvalue weighted by Gasteiger charge is -2.34. The summed E-state index contributed by atoms with van der Waals surface area (Å²) in [5.41, 5.74) is 0. The van der Waals surface area contributed by atoms with Gasteiger partial charge in [-0.15, -0.1) is 0 Å². The molecule has 0 aromatic carbocycles. The first-order chi connectivity index (χ1) is 10.7. The molecule has 0 bridgehead atoms.